The Labute approximate surface area is 140 Å². The topological polar surface area (TPSA) is 62.1 Å². The van der Waals surface area contributed by atoms with E-state index in [1.165, 1.54) is 13.2 Å². The Morgan fingerprint density at radius 3 is 2.70 bits per heavy atom. The van der Waals surface area contributed by atoms with Crippen molar-refractivity contribution in [2.75, 3.05) is 12.4 Å². The van der Waals surface area contributed by atoms with Crippen LogP contribution in [0.1, 0.15) is 11.1 Å². The van der Waals surface area contributed by atoms with Gasteiger partial charge in [-0.2, -0.15) is 5.26 Å². The van der Waals surface area contributed by atoms with E-state index >= 15 is 0 Å². The summed E-state index contributed by atoms with van der Waals surface area (Å²) in [4.78, 5) is 12.3. The van der Waals surface area contributed by atoms with Crippen molar-refractivity contribution < 1.29 is 9.53 Å². The molecular weight excluding hydrogens is 312 g/mol. The van der Waals surface area contributed by atoms with Gasteiger partial charge in [-0.15, -0.1) is 0 Å². The Bertz CT molecular complexity index is 807. The van der Waals surface area contributed by atoms with Crippen LogP contribution in [0.5, 0.6) is 5.75 Å². The summed E-state index contributed by atoms with van der Waals surface area (Å²) >= 11 is 6.05. The van der Waals surface area contributed by atoms with Gasteiger partial charge in [-0.25, -0.2) is 0 Å². The van der Waals surface area contributed by atoms with Crippen LogP contribution in [0.4, 0.5) is 5.69 Å². The van der Waals surface area contributed by atoms with E-state index in [-0.39, 0.29) is 5.57 Å². The molecule has 0 atom stereocenters. The highest BCUT2D eigenvalue weighted by Gasteiger charge is 2.13. The third-order valence-electron chi connectivity index (χ3n) is 3.17. The van der Waals surface area contributed by atoms with Crippen LogP contribution in [0.15, 0.2) is 48.0 Å². The number of hydrogen-bond donors (Lipinski definition) is 1. The van der Waals surface area contributed by atoms with Crippen LogP contribution in [-0.4, -0.2) is 13.0 Å². The molecule has 0 saturated heterocycles. The highest BCUT2D eigenvalue weighted by molar-refractivity contribution is 6.32. The van der Waals surface area contributed by atoms with E-state index in [9.17, 15) is 10.1 Å². The summed E-state index contributed by atoms with van der Waals surface area (Å²) in [7, 11) is 1.52. The van der Waals surface area contributed by atoms with Crippen molar-refractivity contribution in [1.29, 1.82) is 5.26 Å². The molecule has 0 radical (unpaired) electrons. The first-order chi connectivity index (χ1) is 11.0. The Morgan fingerprint density at radius 2 is 2.04 bits per heavy atom. The SMILES string of the molecule is COc1ccc(C)cc1NC(=O)/C(C#N)=C/c1ccccc1Cl. The van der Waals surface area contributed by atoms with Crippen LogP contribution in [0.25, 0.3) is 6.08 Å². The highest BCUT2D eigenvalue weighted by Crippen LogP contribution is 2.26. The van der Waals surface area contributed by atoms with E-state index in [1.54, 1.807) is 36.4 Å². The average molecular weight is 327 g/mol. The fraction of sp³-hybridized carbons (Fsp3) is 0.111. The molecular formula is C18H15ClN2O2. The van der Waals surface area contributed by atoms with E-state index in [0.717, 1.165) is 5.56 Å². The van der Waals surface area contributed by atoms with Gasteiger partial charge in [-0.3, -0.25) is 4.79 Å². The summed E-state index contributed by atoms with van der Waals surface area (Å²) in [6, 6.07) is 14.3. The maximum absolute atomic E-state index is 12.3. The number of halogens is 1. The second kappa shape index (κ2) is 7.48. The molecule has 116 valence electrons. The van der Waals surface area contributed by atoms with Gasteiger partial charge < -0.3 is 10.1 Å². The minimum absolute atomic E-state index is 0.0401. The van der Waals surface area contributed by atoms with E-state index in [1.807, 2.05) is 19.1 Å². The Kier molecular flexibility index (Phi) is 5.40. The van der Waals surface area contributed by atoms with Crippen LogP contribution in [0, 0.1) is 18.3 Å². The number of nitrogens with zero attached hydrogens (tertiary/aromatic N) is 1. The van der Waals surface area contributed by atoms with Crippen LogP contribution in [-0.2, 0) is 4.79 Å². The molecule has 1 amide bonds. The quantitative estimate of drug-likeness (QED) is 0.676. The number of carbonyl (C=O) groups is 1. The van der Waals surface area contributed by atoms with Crippen molar-refractivity contribution >= 4 is 29.3 Å². The number of rotatable bonds is 4. The van der Waals surface area contributed by atoms with Crippen LogP contribution < -0.4 is 10.1 Å². The summed E-state index contributed by atoms with van der Waals surface area (Å²) in [6.45, 7) is 1.90. The maximum Gasteiger partial charge on any atom is 0.266 e. The molecule has 0 fully saturated rings. The van der Waals surface area contributed by atoms with E-state index < -0.39 is 5.91 Å². The van der Waals surface area contributed by atoms with Gasteiger partial charge in [0.25, 0.3) is 5.91 Å². The normalized spacial score (nSPS) is 10.8. The lowest BCUT2D eigenvalue weighted by Gasteiger charge is -2.10. The third kappa shape index (κ3) is 4.12. The lowest BCUT2D eigenvalue weighted by molar-refractivity contribution is -0.112. The molecule has 0 bridgehead atoms. The summed E-state index contributed by atoms with van der Waals surface area (Å²) in [5.41, 5.74) is 2.05. The zero-order valence-corrected chi connectivity index (χ0v) is 13.5. The molecule has 0 aliphatic heterocycles. The van der Waals surface area contributed by atoms with Crippen molar-refractivity contribution in [3.05, 3.63) is 64.2 Å². The number of methoxy groups -OCH3 is 1. The van der Waals surface area contributed by atoms with E-state index in [4.69, 9.17) is 16.3 Å². The number of nitriles is 1. The van der Waals surface area contributed by atoms with Crippen LogP contribution >= 0.6 is 11.6 Å². The number of anilines is 1. The molecule has 0 unspecified atom stereocenters. The fourth-order valence-corrected chi connectivity index (χ4v) is 2.20. The van der Waals surface area contributed by atoms with Crippen molar-refractivity contribution in [3.8, 4) is 11.8 Å². The number of aryl methyl sites for hydroxylation is 1. The van der Waals surface area contributed by atoms with Gasteiger partial charge in [0.2, 0.25) is 0 Å². The second-order valence-electron chi connectivity index (χ2n) is 4.85. The minimum atomic E-state index is -0.517. The summed E-state index contributed by atoms with van der Waals surface area (Å²) < 4.78 is 5.21. The predicted molar refractivity (Wildman–Crippen MR) is 91.4 cm³/mol. The summed E-state index contributed by atoms with van der Waals surface area (Å²) in [5.74, 6) is 0.00954. The summed E-state index contributed by atoms with van der Waals surface area (Å²) in [6.07, 6.45) is 1.46. The Hall–Kier alpha value is -2.77. The zero-order valence-electron chi connectivity index (χ0n) is 12.8. The molecule has 0 heterocycles. The van der Waals surface area contributed by atoms with Crippen molar-refractivity contribution in [2.45, 2.75) is 6.92 Å². The minimum Gasteiger partial charge on any atom is -0.495 e. The smallest absolute Gasteiger partial charge is 0.266 e. The Balaban J connectivity index is 2.30. The van der Waals surface area contributed by atoms with Crippen molar-refractivity contribution in [1.82, 2.24) is 0 Å². The van der Waals surface area contributed by atoms with Crippen LogP contribution in [0.3, 0.4) is 0 Å². The lowest BCUT2D eigenvalue weighted by Crippen LogP contribution is -2.14. The fourth-order valence-electron chi connectivity index (χ4n) is 2.01. The summed E-state index contributed by atoms with van der Waals surface area (Å²) in [5, 5.41) is 12.4. The van der Waals surface area contributed by atoms with Gasteiger partial charge in [0.05, 0.1) is 12.8 Å². The lowest BCUT2D eigenvalue weighted by atomic mass is 10.1. The Morgan fingerprint density at radius 1 is 1.30 bits per heavy atom. The van der Waals surface area contributed by atoms with E-state index in [2.05, 4.69) is 5.32 Å². The average Bonchev–Trinajstić information content (AvgIpc) is 2.54. The maximum atomic E-state index is 12.3. The van der Waals surface area contributed by atoms with Gasteiger partial charge >= 0.3 is 0 Å². The first-order valence-electron chi connectivity index (χ1n) is 6.87. The van der Waals surface area contributed by atoms with Gasteiger partial charge in [0.1, 0.15) is 17.4 Å². The predicted octanol–water partition coefficient (Wildman–Crippen LogP) is 4.20. The van der Waals surface area contributed by atoms with Gasteiger partial charge in [-0.1, -0.05) is 35.9 Å². The largest absolute Gasteiger partial charge is 0.495 e. The highest BCUT2D eigenvalue weighted by atomic mass is 35.5. The van der Waals surface area contributed by atoms with Crippen molar-refractivity contribution in [3.63, 3.8) is 0 Å². The van der Waals surface area contributed by atoms with E-state index in [0.29, 0.717) is 22.0 Å². The number of amides is 1. The number of carbonyl (C=O) groups excluding carboxylic acids is 1. The molecule has 0 spiro atoms. The van der Waals surface area contributed by atoms with Gasteiger partial charge in [0.15, 0.2) is 0 Å². The molecule has 5 heteroatoms. The number of ether oxygens (including phenoxy) is 1. The van der Waals surface area contributed by atoms with Gasteiger partial charge in [0, 0.05) is 5.02 Å². The second-order valence-corrected chi connectivity index (χ2v) is 5.26. The molecule has 2 aromatic rings. The molecule has 1 N–H and O–H groups in total. The van der Waals surface area contributed by atoms with Gasteiger partial charge in [-0.05, 0) is 42.3 Å². The standard InChI is InChI=1S/C18H15ClN2O2/c1-12-7-8-17(23-2)16(9-12)21-18(22)14(11-20)10-13-5-3-4-6-15(13)19/h3-10H,1-2H3,(H,21,22)/b14-10+. The molecule has 0 aromatic heterocycles. The monoisotopic (exact) mass is 326 g/mol. The first-order valence-corrected chi connectivity index (χ1v) is 7.25. The first kappa shape index (κ1) is 16.6. The zero-order chi connectivity index (χ0) is 16.8. The molecule has 4 nitrogen and oxygen atoms in total. The number of benzene rings is 2. The molecule has 0 aliphatic rings. The number of hydrogen-bond acceptors (Lipinski definition) is 3. The molecule has 0 aliphatic carbocycles. The number of nitrogens with one attached hydrogen (secondary N) is 1. The molecule has 0 saturated carbocycles. The third-order valence-corrected chi connectivity index (χ3v) is 3.52. The van der Waals surface area contributed by atoms with Crippen LogP contribution in [0.2, 0.25) is 5.02 Å². The molecule has 2 rings (SSSR count). The molecule has 23 heavy (non-hydrogen) atoms. The molecule has 2 aromatic carbocycles. The van der Waals surface area contributed by atoms with Crippen molar-refractivity contribution in [2.24, 2.45) is 0 Å².